The van der Waals surface area contributed by atoms with Crippen LogP contribution in [0.2, 0.25) is 0 Å². The quantitative estimate of drug-likeness (QED) is 0.829. The van der Waals surface area contributed by atoms with Crippen molar-refractivity contribution >= 4 is 11.9 Å². The normalized spacial score (nSPS) is 20.6. The lowest BCUT2D eigenvalue weighted by Gasteiger charge is -2.36. The maximum atomic E-state index is 13.3. The number of amides is 1. The predicted molar refractivity (Wildman–Crippen MR) is 93.1 cm³/mol. The third-order valence-electron chi connectivity index (χ3n) is 4.91. The van der Waals surface area contributed by atoms with Crippen LogP contribution in [0.25, 0.3) is 0 Å². The number of hydrogen-bond donors (Lipinski definition) is 0. The van der Waals surface area contributed by atoms with E-state index in [1.54, 1.807) is 0 Å². The first-order valence-electron chi connectivity index (χ1n) is 8.44. The highest BCUT2D eigenvalue weighted by Crippen LogP contribution is 2.37. The molecule has 25 heavy (non-hydrogen) atoms. The molecular weight excluding hydrogens is 318 g/mol. The topological polar surface area (TPSA) is 63.5 Å². The van der Waals surface area contributed by atoms with Gasteiger partial charge < -0.3 is 14.5 Å². The lowest BCUT2D eigenvalue weighted by molar-refractivity contribution is -0.131. The molecule has 0 unspecified atom stereocenters. The minimum atomic E-state index is -0.273. The summed E-state index contributed by atoms with van der Waals surface area (Å²) < 4.78 is 7.22. The fourth-order valence-corrected chi connectivity index (χ4v) is 3.47. The lowest BCUT2D eigenvalue weighted by atomic mass is 9.94. The second-order valence-corrected chi connectivity index (χ2v) is 6.28. The Hall–Kier alpha value is -2.67. The van der Waals surface area contributed by atoms with Gasteiger partial charge in [0.15, 0.2) is 0 Å². The molecule has 1 aromatic carbocycles. The van der Waals surface area contributed by atoms with Gasteiger partial charge >= 0.3 is 0 Å². The van der Waals surface area contributed by atoms with E-state index in [1.165, 1.54) is 6.33 Å². The standard InChI is InChI=1S/C18H21N5O2/c1-13-15(17(24)22-8-10-25-11-9-22)16(14-6-4-3-5-7-14)23-18(21(13)2)19-12-20-23/h3-7,12,16H,8-11H2,1-2H3/t16-/m0/s1. The van der Waals surface area contributed by atoms with Crippen molar-refractivity contribution in [1.82, 2.24) is 19.7 Å². The van der Waals surface area contributed by atoms with E-state index in [0.29, 0.717) is 26.3 Å². The summed E-state index contributed by atoms with van der Waals surface area (Å²) in [6.07, 6.45) is 1.54. The summed E-state index contributed by atoms with van der Waals surface area (Å²) in [4.78, 5) is 21.5. The van der Waals surface area contributed by atoms with E-state index in [-0.39, 0.29) is 11.9 Å². The average Bonchev–Trinajstić information content (AvgIpc) is 3.15. The van der Waals surface area contributed by atoms with Crippen molar-refractivity contribution in [2.24, 2.45) is 0 Å². The van der Waals surface area contributed by atoms with Crippen molar-refractivity contribution in [2.45, 2.75) is 13.0 Å². The van der Waals surface area contributed by atoms with E-state index >= 15 is 0 Å². The Kier molecular flexibility index (Phi) is 4.01. The van der Waals surface area contributed by atoms with Crippen LogP contribution in [-0.2, 0) is 9.53 Å². The van der Waals surface area contributed by atoms with Crippen LogP contribution in [0.4, 0.5) is 5.95 Å². The zero-order chi connectivity index (χ0) is 17.4. The highest BCUT2D eigenvalue weighted by atomic mass is 16.5. The Balaban J connectivity index is 1.83. The Labute approximate surface area is 146 Å². The molecule has 3 heterocycles. The van der Waals surface area contributed by atoms with Crippen LogP contribution < -0.4 is 4.90 Å². The summed E-state index contributed by atoms with van der Waals surface area (Å²) in [5, 5.41) is 4.41. The molecule has 0 bridgehead atoms. The van der Waals surface area contributed by atoms with Crippen LogP contribution in [0.3, 0.4) is 0 Å². The van der Waals surface area contributed by atoms with E-state index in [9.17, 15) is 4.79 Å². The van der Waals surface area contributed by atoms with E-state index in [1.807, 2.05) is 58.8 Å². The van der Waals surface area contributed by atoms with Gasteiger partial charge in [-0.3, -0.25) is 4.79 Å². The van der Waals surface area contributed by atoms with Gasteiger partial charge in [-0.25, -0.2) is 4.68 Å². The number of carbonyl (C=O) groups excluding carboxylic acids is 1. The largest absolute Gasteiger partial charge is 0.378 e. The van der Waals surface area contributed by atoms with Crippen molar-refractivity contribution in [3.8, 4) is 0 Å². The molecule has 0 N–H and O–H groups in total. The first-order chi connectivity index (χ1) is 12.2. The molecule has 2 aliphatic heterocycles. The molecule has 1 saturated heterocycles. The number of carbonyl (C=O) groups is 1. The van der Waals surface area contributed by atoms with Crippen LogP contribution in [0, 0.1) is 0 Å². The van der Waals surface area contributed by atoms with Crippen molar-refractivity contribution in [2.75, 3.05) is 38.3 Å². The first-order valence-corrected chi connectivity index (χ1v) is 8.44. The molecule has 7 heteroatoms. The number of nitrogens with zero attached hydrogens (tertiary/aromatic N) is 5. The van der Waals surface area contributed by atoms with Gasteiger partial charge in [-0.2, -0.15) is 10.1 Å². The molecule has 0 aliphatic carbocycles. The van der Waals surface area contributed by atoms with Crippen LogP contribution in [0.15, 0.2) is 47.9 Å². The van der Waals surface area contributed by atoms with Crippen LogP contribution in [0.5, 0.6) is 0 Å². The summed E-state index contributed by atoms with van der Waals surface area (Å²) in [5.74, 6) is 0.785. The van der Waals surface area contributed by atoms with Crippen molar-refractivity contribution < 1.29 is 9.53 Å². The predicted octanol–water partition coefficient (Wildman–Crippen LogP) is 1.45. The summed E-state index contributed by atoms with van der Waals surface area (Å²) in [6.45, 7) is 4.37. The molecule has 0 saturated carbocycles. The Bertz CT molecular complexity index is 808. The van der Waals surface area contributed by atoms with E-state index in [2.05, 4.69) is 10.1 Å². The van der Waals surface area contributed by atoms with Gasteiger partial charge in [-0.1, -0.05) is 30.3 Å². The van der Waals surface area contributed by atoms with Crippen LogP contribution in [0.1, 0.15) is 18.5 Å². The molecule has 2 aromatic rings. The molecule has 4 rings (SSSR count). The molecule has 1 fully saturated rings. The third kappa shape index (κ3) is 2.60. The summed E-state index contributed by atoms with van der Waals surface area (Å²) >= 11 is 0. The van der Waals surface area contributed by atoms with Gasteiger partial charge in [0.2, 0.25) is 5.95 Å². The monoisotopic (exact) mass is 339 g/mol. The molecule has 130 valence electrons. The number of hydrogen-bond acceptors (Lipinski definition) is 5. The number of ether oxygens (including phenoxy) is 1. The van der Waals surface area contributed by atoms with Crippen LogP contribution in [-0.4, -0.2) is 58.9 Å². The molecule has 0 spiro atoms. The fraction of sp³-hybridized carbons (Fsp3) is 0.389. The number of morpholine rings is 1. The Morgan fingerprint density at radius 1 is 1.20 bits per heavy atom. The number of benzene rings is 1. The smallest absolute Gasteiger partial charge is 0.254 e. The lowest BCUT2D eigenvalue weighted by Crippen LogP contribution is -2.45. The molecule has 1 aromatic heterocycles. The Morgan fingerprint density at radius 3 is 2.64 bits per heavy atom. The summed E-state index contributed by atoms with van der Waals surface area (Å²) in [6, 6.07) is 9.72. The molecule has 7 nitrogen and oxygen atoms in total. The second kappa shape index (κ2) is 6.33. The molecule has 1 atom stereocenters. The molecule has 0 radical (unpaired) electrons. The fourth-order valence-electron chi connectivity index (χ4n) is 3.47. The Morgan fingerprint density at radius 2 is 1.92 bits per heavy atom. The minimum absolute atomic E-state index is 0.0441. The van der Waals surface area contributed by atoms with Gasteiger partial charge in [-0.15, -0.1) is 0 Å². The summed E-state index contributed by atoms with van der Waals surface area (Å²) in [7, 11) is 1.92. The number of rotatable bonds is 2. The zero-order valence-electron chi connectivity index (χ0n) is 14.4. The van der Waals surface area contributed by atoms with Crippen LogP contribution >= 0.6 is 0 Å². The van der Waals surface area contributed by atoms with E-state index in [4.69, 9.17) is 4.74 Å². The number of allylic oxidation sites excluding steroid dienone is 1. The molecule has 1 amide bonds. The number of fused-ring (bicyclic) bond motifs is 1. The van der Waals surface area contributed by atoms with Gasteiger partial charge in [0.1, 0.15) is 12.4 Å². The minimum Gasteiger partial charge on any atom is -0.378 e. The van der Waals surface area contributed by atoms with Crippen molar-refractivity contribution in [1.29, 1.82) is 0 Å². The van der Waals surface area contributed by atoms with E-state index in [0.717, 1.165) is 22.8 Å². The highest BCUT2D eigenvalue weighted by molar-refractivity contribution is 5.97. The molecular formula is C18H21N5O2. The third-order valence-corrected chi connectivity index (χ3v) is 4.91. The second-order valence-electron chi connectivity index (χ2n) is 6.28. The van der Waals surface area contributed by atoms with Gasteiger partial charge in [-0.05, 0) is 12.5 Å². The molecule has 2 aliphatic rings. The SMILES string of the molecule is CC1=C(C(=O)N2CCOCC2)[C@H](c2ccccc2)n2ncnc2N1C. The maximum absolute atomic E-state index is 13.3. The summed E-state index contributed by atoms with van der Waals surface area (Å²) in [5.41, 5.74) is 2.68. The van der Waals surface area contributed by atoms with Crippen molar-refractivity contribution in [3.05, 3.63) is 53.5 Å². The maximum Gasteiger partial charge on any atom is 0.254 e. The number of anilines is 1. The van der Waals surface area contributed by atoms with Gasteiger partial charge in [0, 0.05) is 25.8 Å². The first kappa shape index (κ1) is 15.8. The average molecular weight is 339 g/mol. The highest BCUT2D eigenvalue weighted by Gasteiger charge is 2.37. The van der Waals surface area contributed by atoms with Crippen molar-refractivity contribution in [3.63, 3.8) is 0 Å². The zero-order valence-corrected chi connectivity index (χ0v) is 14.4. The van der Waals surface area contributed by atoms with Gasteiger partial charge in [0.25, 0.3) is 5.91 Å². The van der Waals surface area contributed by atoms with E-state index < -0.39 is 0 Å². The number of aromatic nitrogens is 3. The van der Waals surface area contributed by atoms with Gasteiger partial charge in [0.05, 0.1) is 18.8 Å².